The first-order valence-electron chi connectivity index (χ1n) is 11.2. The Balaban J connectivity index is 1.75. The Morgan fingerprint density at radius 2 is 1.82 bits per heavy atom. The molecule has 3 rings (SSSR count). The Morgan fingerprint density at radius 1 is 1.12 bits per heavy atom. The van der Waals surface area contributed by atoms with Crippen LogP contribution in [0.1, 0.15) is 36.2 Å². The second-order valence-electron chi connectivity index (χ2n) is 8.70. The molecule has 2 aromatic rings. The molecule has 0 aromatic heterocycles. The third-order valence-electron chi connectivity index (χ3n) is 5.61. The summed E-state index contributed by atoms with van der Waals surface area (Å²) in [5.74, 6) is -0.314. The minimum absolute atomic E-state index is 0.140. The molecule has 178 valence electrons. The number of likely N-dealkylation sites (N-methyl/N-ethyl adjacent to an activating group) is 1. The Labute approximate surface area is 205 Å². The molecule has 6 nitrogen and oxygen atoms in total. The molecule has 1 aliphatic heterocycles. The van der Waals surface area contributed by atoms with E-state index in [1.165, 1.54) is 6.07 Å². The van der Waals surface area contributed by atoms with Crippen molar-refractivity contribution in [3.8, 4) is 0 Å². The van der Waals surface area contributed by atoms with E-state index in [2.05, 4.69) is 16.3 Å². The van der Waals surface area contributed by atoms with Gasteiger partial charge in [0.1, 0.15) is 6.04 Å². The van der Waals surface area contributed by atoms with Crippen molar-refractivity contribution in [2.24, 2.45) is 5.92 Å². The molecule has 33 heavy (non-hydrogen) atoms. The number of carbonyl (C=O) groups excluding carboxylic acids is 2. The van der Waals surface area contributed by atoms with Gasteiger partial charge in [-0.2, -0.15) is 0 Å². The van der Waals surface area contributed by atoms with E-state index in [9.17, 15) is 9.59 Å². The van der Waals surface area contributed by atoms with E-state index in [4.69, 9.17) is 27.9 Å². The maximum absolute atomic E-state index is 13.4. The second kappa shape index (κ2) is 11.7. The number of para-hydroxylation sites is 1. The first-order chi connectivity index (χ1) is 15.8. The van der Waals surface area contributed by atoms with E-state index in [0.29, 0.717) is 36.8 Å². The Hall–Kier alpha value is -2.28. The Morgan fingerprint density at radius 3 is 2.48 bits per heavy atom. The van der Waals surface area contributed by atoms with Crippen molar-refractivity contribution in [3.05, 3.63) is 63.6 Å². The second-order valence-corrected chi connectivity index (χ2v) is 9.55. The first kappa shape index (κ1) is 25.3. The van der Waals surface area contributed by atoms with Gasteiger partial charge >= 0.3 is 0 Å². The van der Waals surface area contributed by atoms with Crippen LogP contribution >= 0.6 is 23.2 Å². The molecule has 2 aromatic carbocycles. The van der Waals surface area contributed by atoms with Gasteiger partial charge in [-0.3, -0.25) is 9.59 Å². The number of ether oxygens (including phenoxy) is 1. The van der Waals surface area contributed by atoms with E-state index in [1.807, 2.05) is 32.0 Å². The number of morpholine rings is 1. The SMILES string of the molecule is CC(C)CC(NC(=O)c1ccc(Cl)cc1Cl)C(=O)N(C)Cc1ccccc1N1CCOCC1. The van der Waals surface area contributed by atoms with E-state index in [0.717, 1.165) is 24.3 Å². The zero-order chi connectivity index (χ0) is 24.0. The molecule has 1 atom stereocenters. The van der Waals surface area contributed by atoms with Crippen molar-refractivity contribution < 1.29 is 14.3 Å². The quantitative estimate of drug-likeness (QED) is 0.584. The van der Waals surface area contributed by atoms with E-state index >= 15 is 0 Å². The summed E-state index contributed by atoms with van der Waals surface area (Å²) in [7, 11) is 1.77. The fourth-order valence-electron chi connectivity index (χ4n) is 3.96. The van der Waals surface area contributed by atoms with Gasteiger partial charge in [-0.15, -0.1) is 0 Å². The highest BCUT2D eigenvalue weighted by molar-refractivity contribution is 6.36. The summed E-state index contributed by atoms with van der Waals surface area (Å²) >= 11 is 12.1. The molecule has 0 radical (unpaired) electrons. The lowest BCUT2D eigenvalue weighted by Gasteiger charge is -2.32. The predicted molar refractivity (Wildman–Crippen MR) is 133 cm³/mol. The highest BCUT2D eigenvalue weighted by Crippen LogP contribution is 2.24. The van der Waals surface area contributed by atoms with Gasteiger partial charge in [0, 0.05) is 37.4 Å². The molecule has 1 saturated heterocycles. The van der Waals surface area contributed by atoms with Crippen molar-refractivity contribution >= 4 is 40.7 Å². The van der Waals surface area contributed by atoms with E-state index < -0.39 is 11.9 Å². The van der Waals surface area contributed by atoms with Gasteiger partial charge in [0.05, 0.1) is 23.8 Å². The van der Waals surface area contributed by atoms with Crippen LogP contribution in [0.25, 0.3) is 0 Å². The van der Waals surface area contributed by atoms with Gasteiger partial charge in [0.25, 0.3) is 5.91 Å². The molecule has 1 unspecified atom stereocenters. The van der Waals surface area contributed by atoms with E-state index in [1.54, 1.807) is 24.1 Å². The van der Waals surface area contributed by atoms with Crippen LogP contribution in [-0.2, 0) is 16.1 Å². The van der Waals surface area contributed by atoms with Gasteiger partial charge in [-0.05, 0) is 42.2 Å². The van der Waals surface area contributed by atoms with Gasteiger partial charge in [0.15, 0.2) is 0 Å². The number of rotatable bonds is 8. The van der Waals surface area contributed by atoms with Crippen LogP contribution < -0.4 is 10.2 Å². The summed E-state index contributed by atoms with van der Waals surface area (Å²) in [6, 6.07) is 12.1. The topological polar surface area (TPSA) is 61.9 Å². The Kier molecular flexibility index (Phi) is 9.01. The largest absolute Gasteiger partial charge is 0.378 e. The number of halogens is 2. The van der Waals surface area contributed by atoms with Gasteiger partial charge in [0.2, 0.25) is 5.91 Å². The van der Waals surface area contributed by atoms with Crippen LogP contribution in [0, 0.1) is 5.92 Å². The third-order valence-corrected chi connectivity index (χ3v) is 6.16. The van der Waals surface area contributed by atoms with Crippen LogP contribution in [0.4, 0.5) is 5.69 Å². The van der Waals surface area contributed by atoms with Crippen LogP contribution in [0.15, 0.2) is 42.5 Å². The highest BCUT2D eigenvalue weighted by atomic mass is 35.5. The third kappa shape index (κ3) is 6.85. The van der Waals surface area contributed by atoms with Crippen LogP contribution in [0.5, 0.6) is 0 Å². The number of carbonyl (C=O) groups is 2. The number of nitrogens with zero attached hydrogens (tertiary/aromatic N) is 2. The van der Waals surface area contributed by atoms with Crippen LogP contribution in [0.3, 0.4) is 0 Å². The minimum atomic E-state index is -0.662. The summed E-state index contributed by atoms with van der Waals surface area (Å²) in [6.07, 6.45) is 0.519. The number of anilines is 1. The number of amides is 2. The molecule has 0 aliphatic carbocycles. The van der Waals surface area contributed by atoms with Crippen LogP contribution in [0.2, 0.25) is 10.0 Å². The lowest BCUT2D eigenvalue weighted by atomic mass is 10.0. The van der Waals surface area contributed by atoms with E-state index in [-0.39, 0.29) is 16.8 Å². The maximum Gasteiger partial charge on any atom is 0.253 e. The lowest BCUT2D eigenvalue weighted by Crippen LogP contribution is -2.48. The number of hydrogen-bond acceptors (Lipinski definition) is 4. The van der Waals surface area contributed by atoms with Crippen LogP contribution in [-0.4, -0.2) is 56.1 Å². The van der Waals surface area contributed by atoms with Gasteiger partial charge in [-0.1, -0.05) is 55.2 Å². The zero-order valence-corrected chi connectivity index (χ0v) is 20.8. The van der Waals surface area contributed by atoms with Crippen molar-refractivity contribution in [1.29, 1.82) is 0 Å². The van der Waals surface area contributed by atoms with Crippen molar-refractivity contribution in [2.45, 2.75) is 32.9 Å². The number of hydrogen-bond donors (Lipinski definition) is 1. The molecule has 0 spiro atoms. The molecule has 8 heteroatoms. The first-order valence-corrected chi connectivity index (χ1v) is 11.9. The smallest absolute Gasteiger partial charge is 0.253 e. The normalized spacial score (nSPS) is 14.8. The van der Waals surface area contributed by atoms with Gasteiger partial charge in [-0.25, -0.2) is 0 Å². The average molecular weight is 492 g/mol. The monoisotopic (exact) mass is 491 g/mol. The summed E-state index contributed by atoms with van der Waals surface area (Å²) in [5, 5.41) is 3.59. The molecule has 0 bridgehead atoms. The van der Waals surface area contributed by atoms with Crippen molar-refractivity contribution in [2.75, 3.05) is 38.3 Å². The average Bonchev–Trinajstić information content (AvgIpc) is 2.78. The predicted octanol–water partition coefficient (Wildman–Crippen LogP) is 4.63. The minimum Gasteiger partial charge on any atom is -0.378 e. The number of nitrogens with one attached hydrogen (secondary N) is 1. The molecular weight excluding hydrogens is 461 g/mol. The molecule has 1 aliphatic rings. The fraction of sp³-hybridized carbons (Fsp3) is 0.440. The molecule has 1 fully saturated rings. The fourth-order valence-corrected chi connectivity index (χ4v) is 4.45. The molecule has 1 N–H and O–H groups in total. The Bertz CT molecular complexity index is 977. The van der Waals surface area contributed by atoms with Crippen molar-refractivity contribution in [1.82, 2.24) is 10.2 Å². The standard InChI is InChI=1S/C25H31Cl2N3O3/c1-17(2)14-22(28-24(31)20-9-8-19(26)15-21(20)27)25(32)29(3)16-18-6-4-5-7-23(18)30-10-12-33-13-11-30/h4-9,15,17,22H,10-14,16H2,1-3H3,(H,28,31). The number of benzene rings is 2. The zero-order valence-electron chi connectivity index (χ0n) is 19.3. The summed E-state index contributed by atoms with van der Waals surface area (Å²) in [6.45, 7) is 7.52. The lowest BCUT2D eigenvalue weighted by molar-refractivity contribution is -0.132. The summed E-state index contributed by atoms with van der Waals surface area (Å²) in [4.78, 5) is 30.2. The maximum atomic E-state index is 13.4. The summed E-state index contributed by atoms with van der Waals surface area (Å²) < 4.78 is 5.47. The van der Waals surface area contributed by atoms with Crippen molar-refractivity contribution in [3.63, 3.8) is 0 Å². The molecule has 0 saturated carbocycles. The molecule has 1 heterocycles. The highest BCUT2D eigenvalue weighted by Gasteiger charge is 2.27. The van der Waals surface area contributed by atoms with Gasteiger partial charge < -0.3 is 19.9 Å². The molecule has 2 amide bonds. The summed E-state index contributed by atoms with van der Waals surface area (Å²) in [5.41, 5.74) is 2.46. The molecular formula is C25H31Cl2N3O3.